The summed E-state index contributed by atoms with van der Waals surface area (Å²) in [7, 11) is 0. The van der Waals surface area contributed by atoms with Crippen molar-refractivity contribution in [2.75, 3.05) is 0 Å². The van der Waals surface area contributed by atoms with Crippen molar-refractivity contribution in [1.82, 2.24) is 0 Å². The Morgan fingerprint density at radius 1 is 1.00 bits per heavy atom. The van der Waals surface area contributed by atoms with Crippen LogP contribution in [0.25, 0.3) is 0 Å². The smallest absolute Gasteiger partial charge is 0.0563 e. The number of hydrogen-bond acceptors (Lipinski definition) is 2. The second-order valence-electron chi connectivity index (χ2n) is 4.72. The zero-order valence-corrected chi connectivity index (χ0v) is 10.0. The average molecular weight is 202 g/mol. The first-order valence-electron chi connectivity index (χ1n) is 5.83. The van der Waals surface area contributed by atoms with Gasteiger partial charge >= 0.3 is 0 Å². The molecule has 0 aliphatic heterocycles. The van der Waals surface area contributed by atoms with Gasteiger partial charge in [0.05, 0.1) is 12.2 Å². The van der Waals surface area contributed by atoms with Gasteiger partial charge in [0.1, 0.15) is 0 Å². The molecule has 2 N–H and O–H groups in total. The van der Waals surface area contributed by atoms with Crippen molar-refractivity contribution in [1.29, 1.82) is 0 Å². The molecule has 0 spiro atoms. The normalized spacial score (nSPS) is 20.1. The first-order chi connectivity index (χ1) is 6.47. The summed E-state index contributed by atoms with van der Waals surface area (Å²) in [4.78, 5) is 0. The Balaban J connectivity index is 3.60. The molecule has 0 aromatic rings. The predicted molar refractivity (Wildman–Crippen MR) is 60.2 cm³/mol. The Labute approximate surface area is 88.3 Å². The maximum Gasteiger partial charge on any atom is 0.0563 e. The van der Waals surface area contributed by atoms with Crippen LogP contribution in [0.5, 0.6) is 0 Å². The molecule has 0 rings (SSSR count). The van der Waals surface area contributed by atoms with Gasteiger partial charge in [0.25, 0.3) is 0 Å². The van der Waals surface area contributed by atoms with E-state index in [2.05, 4.69) is 13.8 Å². The summed E-state index contributed by atoms with van der Waals surface area (Å²) >= 11 is 0. The van der Waals surface area contributed by atoms with Gasteiger partial charge in [0, 0.05) is 0 Å². The molecule has 14 heavy (non-hydrogen) atoms. The monoisotopic (exact) mass is 202 g/mol. The van der Waals surface area contributed by atoms with E-state index < -0.39 is 0 Å². The molecular formula is C12H26O2. The third-order valence-corrected chi connectivity index (χ3v) is 2.93. The van der Waals surface area contributed by atoms with Gasteiger partial charge in [0.15, 0.2) is 0 Å². The minimum Gasteiger partial charge on any atom is -0.393 e. The molecule has 0 aromatic carbocycles. The lowest BCUT2D eigenvalue weighted by molar-refractivity contribution is 0.101. The summed E-state index contributed by atoms with van der Waals surface area (Å²) in [6.45, 7) is 8.11. The maximum absolute atomic E-state index is 9.57. The molecule has 0 amide bonds. The number of aliphatic hydroxyl groups is 2. The van der Waals surface area contributed by atoms with E-state index in [4.69, 9.17) is 0 Å². The van der Waals surface area contributed by atoms with E-state index in [1.807, 2.05) is 13.8 Å². The molecule has 0 saturated carbocycles. The number of hydrogen-bond donors (Lipinski definition) is 2. The van der Waals surface area contributed by atoms with E-state index in [0.717, 1.165) is 25.7 Å². The van der Waals surface area contributed by atoms with Gasteiger partial charge < -0.3 is 10.2 Å². The SMILES string of the molecule is CC[C@H](O)C(C)CCC(C)C[C@@H](C)O. The summed E-state index contributed by atoms with van der Waals surface area (Å²) in [6.07, 6.45) is 3.51. The van der Waals surface area contributed by atoms with E-state index in [-0.39, 0.29) is 12.2 Å². The molecule has 2 unspecified atom stereocenters. The minimum absolute atomic E-state index is 0.159. The van der Waals surface area contributed by atoms with E-state index in [1.165, 1.54) is 0 Å². The molecule has 2 heteroatoms. The fraction of sp³-hybridized carbons (Fsp3) is 1.00. The van der Waals surface area contributed by atoms with Crippen LogP contribution in [0.3, 0.4) is 0 Å². The zero-order valence-electron chi connectivity index (χ0n) is 10.0. The fourth-order valence-corrected chi connectivity index (χ4v) is 1.84. The van der Waals surface area contributed by atoms with Crippen LogP contribution in [0.15, 0.2) is 0 Å². The Morgan fingerprint density at radius 2 is 1.57 bits per heavy atom. The molecule has 0 aliphatic rings. The molecule has 0 bridgehead atoms. The van der Waals surface area contributed by atoms with Crippen LogP contribution in [0.1, 0.15) is 53.4 Å². The van der Waals surface area contributed by atoms with Crippen molar-refractivity contribution < 1.29 is 10.2 Å². The van der Waals surface area contributed by atoms with Gasteiger partial charge in [-0.25, -0.2) is 0 Å². The quantitative estimate of drug-likeness (QED) is 0.666. The van der Waals surface area contributed by atoms with Crippen LogP contribution in [-0.2, 0) is 0 Å². The van der Waals surface area contributed by atoms with Crippen LogP contribution < -0.4 is 0 Å². The molecule has 0 heterocycles. The third-order valence-electron chi connectivity index (χ3n) is 2.93. The Kier molecular flexibility index (Phi) is 7.20. The maximum atomic E-state index is 9.57. The summed E-state index contributed by atoms with van der Waals surface area (Å²) in [5.41, 5.74) is 0. The first kappa shape index (κ1) is 13.9. The molecule has 0 aromatic heterocycles. The average Bonchev–Trinajstić information content (AvgIpc) is 2.11. The van der Waals surface area contributed by atoms with E-state index >= 15 is 0 Å². The Morgan fingerprint density at radius 3 is 2.00 bits per heavy atom. The highest BCUT2D eigenvalue weighted by Gasteiger charge is 2.14. The highest BCUT2D eigenvalue weighted by atomic mass is 16.3. The standard InChI is InChI=1S/C12H26O2/c1-5-12(14)10(3)7-6-9(2)8-11(4)13/h9-14H,5-8H2,1-4H3/t9?,10?,11-,12+/m1/s1. The van der Waals surface area contributed by atoms with Crippen LogP contribution in [-0.4, -0.2) is 22.4 Å². The van der Waals surface area contributed by atoms with Crippen molar-refractivity contribution in [2.45, 2.75) is 65.6 Å². The third kappa shape index (κ3) is 6.39. The van der Waals surface area contributed by atoms with E-state index in [9.17, 15) is 10.2 Å². The van der Waals surface area contributed by atoms with Crippen molar-refractivity contribution in [3.05, 3.63) is 0 Å². The van der Waals surface area contributed by atoms with Gasteiger partial charge in [-0.2, -0.15) is 0 Å². The summed E-state index contributed by atoms with van der Waals surface area (Å²) in [5, 5.41) is 18.8. The van der Waals surface area contributed by atoms with Crippen molar-refractivity contribution >= 4 is 0 Å². The number of aliphatic hydroxyl groups excluding tert-OH is 2. The molecule has 0 saturated heterocycles. The lowest BCUT2D eigenvalue weighted by atomic mass is 9.91. The summed E-state index contributed by atoms with van der Waals surface area (Å²) in [5.74, 6) is 0.943. The van der Waals surface area contributed by atoms with Crippen LogP contribution in [0.4, 0.5) is 0 Å². The van der Waals surface area contributed by atoms with E-state index in [1.54, 1.807) is 0 Å². The van der Waals surface area contributed by atoms with Crippen molar-refractivity contribution in [3.8, 4) is 0 Å². The topological polar surface area (TPSA) is 40.5 Å². The Bertz CT molecular complexity index is 134. The lowest BCUT2D eigenvalue weighted by Crippen LogP contribution is -2.17. The first-order valence-corrected chi connectivity index (χ1v) is 5.83. The van der Waals surface area contributed by atoms with Gasteiger partial charge in [-0.1, -0.05) is 27.2 Å². The lowest BCUT2D eigenvalue weighted by Gasteiger charge is -2.20. The molecule has 0 aliphatic carbocycles. The van der Waals surface area contributed by atoms with Gasteiger partial charge in [0.2, 0.25) is 0 Å². The number of rotatable bonds is 7. The summed E-state index contributed by atoms with van der Waals surface area (Å²) < 4.78 is 0. The second kappa shape index (κ2) is 7.24. The molecule has 86 valence electrons. The predicted octanol–water partition coefficient (Wildman–Crippen LogP) is 2.58. The molecule has 4 atom stereocenters. The fourth-order valence-electron chi connectivity index (χ4n) is 1.84. The molecular weight excluding hydrogens is 176 g/mol. The van der Waals surface area contributed by atoms with Crippen LogP contribution in [0, 0.1) is 11.8 Å². The van der Waals surface area contributed by atoms with Gasteiger partial charge in [-0.3, -0.25) is 0 Å². The Hall–Kier alpha value is -0.0800. The second-order valence-corrected chi connectivity index (χ2v) is 4.72. The van der Waals surface area contributed by atoms with Crippen molar-refractivity contribution in [2.24, 2.45) is 11.8 Å². The highest BCUT2D eigenvalue weighted by Crippen LogP contribution is 2.19. The van der Waals surface area contributed by atoms with Crippen LogP contribution >= 0.6 is 0 Å². The zero-order chi connectivity index (χ0) is 11.1. The molecule has 2 nitrogen and oxygen atoms in total. The molecule has 0 radical (unpaired) electrons. The van der Waals surface area contributed by atoms with Crippen molar-refractivity contribution in [3.63, 3.8) is 0 Å². The minimum atomic E-state index is -0.198. The van der Waals surface area contributed by atoms with Crippen LogP contribution in [0.2, 0.25) is 0 Å². The highest BCUT2D eigenvalue weighted by molar-refractivity contribution is 4.65. The van der Waals surface area contributed by atoms with E-state index in [0.29, 0.717) is 11.8 Å². The van der Waals surface area contributed by atoms with Gasteiger partial charge in [-0.05, 0) is 38.0 Å². The summed E-state index contributed by atoms with van der Waals surface area (Å²) in [6, 6.07) is 0. The van der Waals surface area contributed by atoms with Gasteiger partial charge in [-0.15, -0.1) is 0 Å². The largest absolute Gasteiger partial charge is 0.393 e. The molecule has 0 fully saturated rings.